The van der Waals surface area contributed by atoms with Crippen LogP contribution in [0.3, 0.4) is 0 Å². The van der Waals surface area contributed by atoms with Crippen LogP contribution in [0.25, 0.3) is 6.08 Å². The van der Waals surface area contributed by atoms with Gasteiger partial charge < -0.3 is 15.3 Å². The number of carbonyl (C=O) groups is 2. The Morgan fingerprint density at radius 1 is 0.956 bits per heavy atom. The molecule has 0 saturated carbocycles. The number of carbonyl (C=O) groups excluding carboxylic acids is 1. The molecule has 0 saturated heterocycles. The summed E-state index contributed by atoms with van der Waals surface area (Å²) in [5.74, 6) is -1.15. The number of halogens is 2. The number of hydrogen-bond acceptors (Lipinski definition) is 7. The summed E-state index contributed by atoms with van der Waals surface area (Å²) < 4.78 is 27.7. The van der Waals surface area contributed by atoms with Crippen LogP contribution >= 0.6 is 23.2 Å². The molecule has 4 rings (SSSR count). The third kappa shape index (κ3) is 9.35. The first kappa shape index (κ1) is 33.6. The highest BCUT2D eigenvalue weighted by Crippen LogP contribution is 2.25. The van der Waals surface area contributed by atoms with Crippen LogP contribution in [0.2, 0.25) is 10.0 Å². The summed E-state index contributed by atoms with van der Waals surface area (Å²) in [6.45, 7) is 4.04. The summed E-state index contributed by atoms with van der Waals surface area (Å²) in [6, 6.07) is 18.6. The molecule has 1 amide bonds. The number of anilines is 2. The fraction of sp³-hybridized carbons (Fsp3) is 0.188. The Hall–Kier alpha value is -4.29. The second-order valence-corrected chi connectivity index (χ2v) is 12.9. The van der Waals surface area contributed by atoms with Crippen molar-refractivity contribution >= 4 is 62.8 Å². The number of benzene rings is 3. The highest BCUT2D eigenvalue weighted by molar-refractivity contribution is 7.89. The maximum atomic E-state index is 12.8. The predicted molar refractivity (Wildman–Crippen MR) is 175 cm³/mol. The first-order valence-electron chi connectivity index (χ1n) is 13.8. The minimum atomic E-state index is -3.88. The van der Waals surface area contributed by atoms with Gasteiger partial charge in [0.05, 0.1) is 4.90 Å². The minimum absolute atomic E-state index is 0.0482. The van der Waals surface area contributed by atoms with Gasteiger partial charge in [-0.05, 0) is 79.9 Å². The molecule has 0 bridgehead atoms. The topological polar surface area (TPSA) is 142 Å². The maximum absolute atomic E-state index is 12.8. The zero-order valence-electron chi connectivity index (χ0n) is 24.4. The molecule has 13 heteroatoms. The van der Waals surface area contributed by atoms with Crippen molar-refractivity contribution in [2.75, 3.05) is 4.90 Å². The van der Waals surface area contributed by atoms with E-state index < -0.39 is 27.9 Å². The van der Waals surface area contributed by atoms with Crippen molar-refractivity contribution in [3.63, 3.8) is 0 Å². The van der Waals surface area contributed by atoms with Crippen LogP contribution in [-0.4, -0.2) is 47.5 Å². The van der Waals surface area contributed by atoms with Gasteiger partial charge >= 0.3 is 5.97 Å². The number of nitrogens with one attached hydrogen (secondary N) is 2. The van der Waals surface area contributed by atoms with E-state index in [1.807, 2.05) is 43.0 Å². The van der Waals surface area contributed by atoms with Crippen molar-refractivity contribution in [1.82, 2.24) is 20.0 Å². The van der Waals surface area contributed by atoms with Gasteiger partial charge in [0.1, 0.15) is 6.04 Å². The lowest BCUT2D eigenvalue weighted by Crippen LogP contribution is -2.40. The molecule has 0 aliphatic heterocycles. The fourth-order valence-corrected chi connectivity index (χ4v) is 6.07. The lowest BCUT2D eigenvalue weighted by Gasteiger charge is -2.26. The average Bonchev–Trinajstić information content (AvgIpc) is 3.00. The van der Waals surface area contributed by atoms with Gasteiger partial charge in [0.2, 0.25) is 16.0 Å². The highest BCUT2D eigenvalue weighted by atomic mass is 35.5. The Bertz CT molecular complexity index is 1750. The number of aliphatic carboxylic acids is 1. The quantitative estimate of drug-likeness (QED) is 0.155. The SMILES string of the molecule is CC(C)N(c1ccc(/C=C/CC(NC(=O)c2ccc(CNS(=O)(=O)c3cc(Cl)cc(Cl)c3)cc2)C(=O)O)cc1)c1ncccn1. The normalized spacial score (nSPS) is 12.3. The van der Waals surface area contributed by atoms with Crippen molar-refractivity contribution < 1.29 is 23.1 Å². The molecular weight excluding hydrogens is 637 g/mol. The molecule has 0 aliphatic carbocycles. The predicted octanol–water partition coefficient (Wildman–Crippen LogP) is 6.09. The first-order chi connectivity index (χ1) is 21.4. The smallest absolute Gasteiger partial charge is 0.326 e. The molecule has 0 aliphatic rings. The Labute approximate surface area is 271 Å². The van der Waals surface area contributed by atoms with Gasteiger partial charge in [-0.3, -0.25) is 4.79 Å². The zero-order chi connectivity index (χ0) is 32.6. The maximum Gasteiger partial charge on any atom is 0.326 e. The summed E-state index contributed by atoms with van der Waals surface area (Å²) in [7, 11) is -3.88. The molecule has 1 heterocycles. The summed E-state index contributed by atoms with van der Waals surface area (Å²) in [5, 5.41) is 12.6. The van der Waals surface area contributed by atoms with Gasteiger partial charge in [0, 0.05) is 46.3 Å². The van der Waals surface area contributed by atoms with E-state index in [9.17, 15) is 23.1 Å². The van der Waals surface area contributed by atoms with Crippen molar-refractivity contribution in [2.24, 2.45) is 0 Å². The van der Waals surface area contributed by atoms with E-state index in [2.05, 4.69) is 20.0 Å². The summed E-state index contributed by atoms with van der Waals surface area (Å²) >= 11 is 11.8. The van der Waals surface area contributed by atoms with Crippen LogP contribution in [0.4, 0.5) is 11.6 Å². The van der Waals surface area contributed by atoms with Gasteiger partial charge in [0.25, 0.3) is 5.91 Å². The van der Waals surface area contributed by atoms with Gasteiger partial charge in [-0.2, -0.15) is 0 Å². The summed E-state index contributed by atoms with van der Waals surface area (Å²) in [6.07, 6.45) is 6.92. The molecule has 0 spiro atoms. The minimum Gasteiger partial charge on any atom is -0.480 e. The monoisotopic (exact) mass is 667 g/mol. The van der Waals surface area contributed by atoms with E-state index in [0.29, 0.717) is 11.5 Å². The van der Waals surface area contributed by atoms with Gasteiger partial charge in [-0.1, -0.05) is 59.6 Å². The molecule has 3 aromatic carbocycles. The second kappa shape index (κ2) is 15.1. The Morgan fingerprint density at radius 2 is 1.58 bits per heavy atom. The molecule has 10 nitrogen and oxygen atoms in total. The molecule has 1 unspecified atom stereocenters. The van der Waals surface area contributed by atoms with E-state index in [1.54, 1.807) is 42.7 Å². The molecule has 45 heavy (non-hydrogen) atoms. The largest absolute Gasteiger partial charge is 0.480 e. The third-order valence-corrected chi connectivity index (χ3v) is 8.39. The van der Waals surface area contributed by atoms with Crippen molar-refractivity contribution in [1.29, 1.82) is 0 Å². The van der Waals surface area contributed by atoms with E-state index in [1.165, 1.54) is 30.3 Å². The molecular formula is C32H31Cl2N5O5S. The Kier molecular flexibility index (Phi) is 11.3. The first-order valence-corrected chi connectivity index (χ1v) is 16.1. The number of hydrogen-bond donors (Lipinski definition) is 3. The lowest BCUT2D eigenvalue weighted by atomic mass is 10.1. The molecule has 234 valence electrons. The van der Waals surface area contributed by atoms with Gasteiger partial charge in [0.15, 0.2) is 0 Å². The van der Waals surface area contributed by atoms with Crippen LogP contribution in [0.5, 0.6) is 0 Å². The zero-order valence-corrected chi connectivity index (χ0v) is 26.7. The van der Waals surface area contributed by atoms with Crippen LogP contribution < -0.4 is 14.9 Å². The van der Waals surface area contributed by atoms with Crippen LogP contribution in [0, 0.1) is 0 Å². The Balaban J connectivity index is 1.33. The fourth-order valence-electron chi connectivity index (χ4n) is 4.33. The van der Waals surface area contributed by atoms with E-state index in [-0.39, 0.29) is 39.5 Å². The molecule has 3 N–H and O–H groups in total. The molecule has 1 aromatic heterocycles. The number of amides is 1. The number of nitrogens with zero attached hydrogens (tertiary/aromatic N) is 3. The van der Waals surface area contributed by atoms with Crippen molar-refractivity contribution in [3.05, 3.63) is 118 Å². The van der Waals surface area contributed by atoms with E-state index >= 15 is 0 Å². The third-order valence-electron chi connectivity index (χ3n) is 6.57. The summed E-state index contributed by atoms with van der Waals surface area (Å²) in [4.78, 5) is 35.3. The van der Waals surface area contributed by atoms with Gasteiger partial charge in [-0.25, -0.2) is 27.9 Å². The van der Waals surface area contributed by atoms with Crippen LogP contribution in [0.1, 0.15) is 41.8 Å². The average molecular weight is 669 g/mol. The molecule has 0 radical (unpaired) electrons. The number of carboxylic acid groups (broad SMARTS) is 1. The molecule has 0 fully saturated rings. The number of sulfonamides is 1. The Morgan fingerprint density at radius 3 is 2.16 bits per heavy atom. The standard InChI is InChI=1S/C32H31Cl2N5O5S/c1-21(2)39(32-35-15-4-16-36-32)27-13-9-22(10-14-27)5-3-6-29(31(41)42)38-30(40)24-11-7-23(8-12-24)20-37-45(43,44)28-18-25(33)17-26(34)19-28/h3-5,7-19,21,29,37H,6,20H2,1-2H3,(H,38,40)(H,41,42)/b5-3+. The van der Waals surface area contributed by atoms with E-state index in [4.69, 9.17) is 23.2 Å². The van der Waals surface area contributed by atoms with Crippen LogP contribution in [-0.2, 0) is 21.4 Å². The highest BCUT2D eigenvalue weighted by Gasteiger charge is 2.20. The van der Waals surface area contributed by atoms with Crippen molar-refractivity contribution in [3.8, 4) is 0 Å². The number of rotatable bonds is 13. The second-order valence-electron chi connectivity index (χ2n) is 10.2. The van der Waals surface area contributed by atoms with Crippen LogP contribution in [0.15, 0.2) is 96.2 Å². The van der Waals surface area contributed by atoms with E-state index in [0.717, 1.165) is 11.3 Å². The number of aromatic nitrogens is 2. The van der Waals surface area contributed by atoms with Crippen molar-refractivity contribution in [2.45, 2.75) is 43.8 Å². The van der Waals surface area contributed by atoms with Gasteiger partial charge in [-0.15, -0.1) is 0 Å². The lowest BCUT2D eigenvalue weighted by molar-refractivity contribution is -0.139. The molecule has 1 atom stereocenters. The molecule has 4 aromatic rings. The number of carboxylic acids is 1. The summed E-state index contributed by atoms with van der Waals surface area (Å²) in [5.41, 5.74) is 2.58.